The third kappa shape index (κ3) is 2.73. The average molecular weight is 383 g/mol. The zero-order chi connectivity index (χ0) is 16.6. The fraction of sp³-hybridized carbons (Fsp3) is 0.529. The Bertz CT molecular complexity index is 657. The Labute approximate surface area is 143 Å². The van der Waals surface area contributed by atoms with Crippen LogP contribution >= 0.6 is 15.9 Å². The molecule has 0 spiro atoms. The first-order valence-electron chi connectivity index (χ1n) is 7.72. The van der Waals surface area contributed by atoms with Gasteiger partial charge in [0, 0.05) is 28.3 Å². The molecule has 0 saturated heterocycles. The standard InChI is InChI=1S/C17H19BrO5/c1-3-22-15(20)9-17-5-4-11(19)8-14(17)23-16-12(17)6-10(18)7-13(16)21-2/h6-7,14H,3-5,8-9H2,1-2H3/t14-,17+/m0/s1. The molecule has 1 fully saturated rings. The number of methoxy groups -OCH3 is 1. The lowest BCUT2D eigenvalue weighted by molar-refractivity contribution is -0.146. The molecule has 0 bridgehead atoms. The zero-order valence-electron chi connectivity index (χ0n) is 13.2. The Hall–Kier alpha value is -1.56. The second kappa shape index (κ2) is 6.15. The van der Waals surface area contributed by atoms with Crippen molar-refractivity contribution in [2.75, 3.05) is 13.7 Å². The summed E-state index contributed by atoms with van der Waals surface area (Å²) in [6.45, 7) is 2.13. The maximum atomic E-state index is 12.2. The molecule has 5 nitrogen and oxygen atoms in total. The van der Waals surface area contributed by atoms with Gasteiger partial charge >= 0.3 is 5.97 Å². The van der Waals surface area contributed by atoms with E-state index in [1.807, 2.05) is 12.1 Å². The Balaban J connectivity index is 2.08. The molecule has 0 unspecified atom stereocenters. The number of ether oxygens (including phenoxy) is 3. The van der Waals surface area contributed by atoms with Gasteiger partial charge in [0.25, 0.3) is 0 Å². The molecule has 1 heterocycles. The summed E-state index contributed by atoms with van der Waals surface area (Å²) in [6, 6.07) is 3.79. The van der Waals surface area contributed by atoms with Gasteiger partial charge < -0.3 is 14.2 Å². The van der Waals surface area contributed by atoms with Crippen LogP contribution in [0.25, 0.3) is 0 Å². The lowest BCUT2D eigenvalue weighted by atomic mass is 9.66. The summed E-state index contributed by atoms with van der Waals surface area (Å²) in [5.74, 6) is 1.15. The maximum absolute atomic E-state index is 12.2. The van der Waals surface area contributed by atoms with E-state index in [1.54, 1.807) is 14.0 Å². The van der Waals surface area contributed by atoms with Gasteiger partial charge in [0.05, 0.1) is 20.1 Å². The number of esters is 1. The lowest BCUT2D eigenvalue weighted by Gasteiger charge is -2.36. The van der Waals surface area contributed by atoms with Crippen LogP contribution in [0.15, 0.2) is 16.6 Å². The smallest absolute Gasteiger partial charge is 0.306 e. The van der Waals surface area contributed by atoms with Crippen molar-refractivity contribution in [1.82, 2.24) is 0 Å². The van der Waals surface area contributed by atoms with Crippen molar-refractivity contribution in [3.63, 3.8) is 0 Å². The monoisotopic (exact) mass is 382 g/mol. The van der Waals surface area contributed by atoms with Crippen LogP contribution in [0.5, 0.6) is 11.5 Å². The van der Waals surface area contributed by atoms with Crippen molar-refractivity contribution in [1.29, 1.82) is 0 Å². The Morgan fingerprint density at radius 1 is 1.48 bits per heavy atom. The van der Waals surface area contributed by atoms with Gasteiger partial charge in [-0.05, 0) is 25.5 Å². The van der Waals surface area contributed by atoms with Crippen LogP contribution in [0.4, 0.5) is 0 Å². The van der Waals surface area contributed by atoms with Gasteiger partial charge in [0.1, 0.15) is 11.9 Å². The Morgan fingerprint density at radius 3 is 2.96 bits per heavy atom. The quantitative estimate of drug-likeness (QED) is 0.748. The van der Waals surface area contributed by atoms with Gasteiger partial charge in [-0.15, -0.1) is 0 Å². The number of rotatable bonds is 4. The highest BCUT2D eigenvalue weighted by Gasteiger charge is 2.54. The summed E-state index contributed by atoms with van der Waals surface area (Å²) in [5.41, 5.74) is 0.404. The number of hydrogen-bond donors (Lipinski definition) is 0. The van der Waals surface area contributed by atoms with E-state index in [1.165, 1.54) is 0 Å². The molecule has 1 aromatic carbocycles. The first-order chi connectivity index (χ1) is 11.0. The minimum absolute atomic E-state index is 0.167. The highest BCUT2D eigenvalue weighted by molar-refractivity contribution is 9.10. The summed E-state index contributed by atoms with van der Waals surface area (Å²) in [5, 5.41) is 0. The van der Waals surface area contributed by atoms with E-state index in [2.05, 4.69) is 15.9 Å². The Kier molecular flexibility index (Phi) is 4.36. The fourth-order valence-corrected chi connectivity index (χ4v) is 4.05. The molecule has 2 aliphatic rings. The van der Waals surface area contributed by atoms with E-state index in [-0.39, 0.29) is 24.3 Å². The van der Waals surface area contributed by atoms with Crippen molar-refractivity contribution < 1.29 is 23.8 Å². The van der Waals surface area contributed by atoms with E-state index in [0.717, 1.165) is 10.0 Å². The molecule has 1 aromatic rings. The van der Waals surface area contributed by atoms with Gasteiger partial charge in [-0.25, -0.2) is 0 Å². The third-order valence-electron chi connectivity index (χ3n) is 4.68. The van der Waals surface area contributed by atoms with Crippen LogP contribution in [-0.4, -0.2) is 31.6 Å². The number of fused-ring (bicyclic) bond motifs is 3. The van der Waals surface area contributed by atoms with Gasteiger partial charge in [0.15, 0.2) is 11.5 Å². The first kappa shape index (κ1) is 16.3. The van der Waals surface area contributed by atoms with Crippen LogP contribution in [0, 0.1) is 0 Å². The van der Waals surface area contributed by atoms with Gasteiger partial charge in [-0.1, -0.05) is 15.9 Å². The molecule has 1 aliphatic heterocycles. The number of benzene rings is 1. The summed E-state index contributed by atoms with van der Waals surface area (Å²) in [7, 11) is 1.58. The molecule has 1 aliphatic carbocycles. The van der Waals surface area contributed by atoms with E-state index in [4.69, 9.17) is 14.2 Å². The fourth-order valence-electron chi connectivity index (χ4n) is 3.61. The molecular weight excluding hydrogens is 364 g/mol. The van der Waals surface area contributed by atoms with Crippen molar-refractivity contribution in [3.05, 3.63) is 22.2 Å². The molecule has 124 valence electrons. The molecule has 0 N–H and O–H groups in total. The predicted octanol–water partition coefficient (Wildman–Crippen LogP) is 3.16. The van der Waals surface area contributed by atoms with Gasteiger partial charge in [0.2, 0.25) is 0 Å². The molecule has 3 rings (SSSR count). The molecule has 2 atom stereocenters. The summed E-state index contributed by atoms with van der Waals surface area (Å²) in [4.78, 5) is 24.1. The summed E-state index contributed by atoms with van der Waals surface area (Å²) in [6.07, 6.45) is 1.22. The number of halogens is 1. The van der Waals surface area contributed by atoms with E-state index >= 15 is 0 Å². The highest BCUT2D eigenvalue weighted by Crippen LogP contribution is 2.55. The maximum Gasteiger partial charge on any atom is 0.306 e. The van der Waals surface area contributed by atoms with Crippen molar-refractivity contribution in [2.24, 2.45) is 0 Å². The van der Waals surface area contributed by atoms with E-state index in [9.17, 15) is 9.59 Å². The van der Waals surface area contributed by atoms with E-state index < -0.39 is 5.41 Å². The third-order valence-corrected chi connectivity index (χ3v) is 5.14. The molecular formula is C17H19BrO5. The summed E-state index contributed by atoms with van der Waals surface area (Å²) >= 11 is 3.49. The van der Waals surface area contributed by atoms with Crippen molar-refractivity contribution in [2.45, 2.75) is 44.1 Å². The second-order valence-corrected chi connectivity index (χ2v) is 6.89. The number of carbonyl (C=O) groups is 2. The minimum atomic E-state index is -0.521. The Morgan fingerprint density at radius 2 is 2.26 bits per heavy atom. The largest absolute Gasteiger partial charge is 0.493 e. The number of hydrogen-bond acceptors (Lipinski definition) is 5. The topological polar surface area (TPSA) is 61.8 Å². The highest BCUT2D eigenvalue weighted by atomic mass is 79.9. The summed E-state index contributed by atoms with van der Waals surface area (Å²) < 4.78 is 17.5. The number of Topliss-reactive ketones (excluding diaryl/α,β-unsaturated/α-hetero) is 1. The van der Waals surface area contributed by atoms with Crippen molar-refractivity contribution in [3.8, 4) is 11.5 Å². The second-order valence-electron chi connectivity index (χ2n) is 5.97. The van der Waals surface area contributed by atoms with E-state index in [0.29, 0.717) is 37.4 Å². The SMILES string of the molecule is CCOC(=O)C[C@@]12CCC(=O)C[C@@H]1Oc1c(OC)cc(Br)cc12. The first-order valence-corrected chi connectivity index (χ1v) is 8.51. The van der Waals surface area contributed by atoms with Crippen LogP contribution in [0.1, 0.15) is 38.2 Å². The molecule has 6 heteroatoms. The normalized spacial score (nSPS) is 25.3. The van der Waals surface area contributed by atoms with Gasteiger partial charge in [-0.3, -0.25) is 9.59 Å². The molecule has 0 radical (unpaired) electrons. The van der Waals surface area contributed by atoms with Crippen LogP contribution < -0.4 is 9.47 Å². The molecule has 23 heavy (non-hydrogen) atoms. The minimum Gasteiger partial charge on any atom is -0.493 e. The molecule has 0 amide bonds. The number of ketones is 1. The zero-order valence-corrected chi connectivity index (χ0v) is 14.8. The van der Waals surface area contributed by atoms with Crippen LogP contribution in [-0.2, 0) is 19.7 Å². The lowest BCUT2D eigenvalue weighted by Crippen LogP contribution is -2.45. The molecule has 1 saturated carbocycles. The predicted molar refractivity (Wildman–Crippen MR) is 86.9 cm³/mol. The van der Waals surface area contributed by atoms with Crippen LogP contribution in [0.3, 0.4) is 0 Å². The average Bonchev–Trinajstić information content (AvgIpc) is 2.80. The van der Waals surface area contributed by atoms with Crippen molar-refractivity contribution >= 4 is 27.7 Å². The molecule has 0 aromatic heterocycles. The van der Waals surface area contributed by atoms with Crippen LogP contribution in [0.2, 0.25) is 0 Å². The van der Waals surface area contributed by atoms with Gasteiger partial charge in [-0.2, -0.15) is 0 Å². The number of carbonyl (C=O) groups excluding carboxylic acids is 2.